The Morgan fingerprint density at radius 1 is 0.657 bits per heavy atom. The Bertz CT molecular complexity index is 2520. The summed E-state index contributed by atoms with van der Waals surface area (Å²) in [6.07, 6.45) is 11.8. The summed E-state index contributed by atoms with van der Waals surface area (Å²) in [6.45, 7) is 13.5. The second-order valence-corrected chi connectivity index (χ2v) is 26.9. The Labute approximate surface area is 413 Å². The number of amides is 2. The van der Waals surface area contributed by atoms with Gasteiger partial charge in [0, 0.05) is 113 Å². The van der Waals surface area contributed by atoms with Gasteiger partial charge >= 0.3 is 0 Å². The summed E-state index contributed by atoms with van der Waals surface area (Å²) in [4.78, 5) is 53.5. The summed E-state index contributed by atoms with van der Waals surface area (Å²) in [5.41, 5.74) is -0.451. The summed E-state index contributed by atoms with van der Waals surface area (Å²) < 4.78 is 57.7. The number of carbonyl (C=O) groups is 2. The Hall–Kier alpha value is -3.64. The normalized spacial score (nSPS) is 31.2. The number of aromatic nitrogens is 4. The van der Waals surface area contributed by atoms with Crippen LogP contribution in [0.5, 0.6) is 0 Å². The third kappa shape index (κ3) is 9.34. The van der Waals surface area contributed by atoms with Gasteiger partial charge in [-0.3, -0.25) is 29.2 Å². The minimum atomic E-state index is -3.54. The van der Waals surface area contributed by atoms with Crippen molar-refractivity contribution >= 4 is 55.4 Å². The molecular weight excluding hydrogens is 937 g/mol. The fourth-order valence-electron chi connectivity index (χ4n) is 12.8. The molecule has 6 fully saturated rings. The molecular formula is C48H74N12O8S2. The number of piperidine rings is 2. The summed E-state index contributed by atoms with van der Waals surface area (Å²) in [7, 11) is -6.90. The molecule has 70 heavy (non-hydrogen) atoms. The molecule has 8 heterocycles. The van der Waals surface area contributed by atoms with Gasteiger partial charge in [0.2, 0.25) is 43.8 Å². The third-order valence-electron chi connectivity index (χ3n) is 17.6. The molecule has 2 unspecified atom stereocenters. The molecule has 4 saturated heterocycles. The van der Waals surface area contributed by atoms with Gasteiger partial charge in [0.15, 0.2) is 0 Å². The predicted octanol–water partition coefficient (Wildman–Crippen LogP) is 2.33. The number of anilines is 4. The van der Waals surface area contributed by atoms with E-state index in [1.807, 2.05) is 6.92 Å². The Morgan fingerprint density at radius 2 is 1.13 bits per heavy atom. The summed E-state index contributed by atoms with van der Waals surface area (Å²) >= 11 is 0. The van der Waals surface area contributed by atoms with Gasteiger partial charge in [-0.1, -0.05) is 0 Å². The van der Waals surface area contributed by atoms with Crippen molar-refractivity contribution in [3.8, 4) is 0 Å². The molecule has 2 saturated carbocycles. The second-order valence-electron chi connectivity index (χ2n) is 22.4. The maximum atomic E-state index is 13.9. The van der Waals surface area contributed by atoms with E-state index >= 15 is 0 Å². The molecule has 2 aromatic rings. The van der Waals surface area contributed by atoms with E-state index in [-0.39, 0.29) is 47.1 Å². The highest BCUT2D eigenvalue weighted by Crippen LogP contribution is 2.46. The fraction of sp³-hybridized carbons (Fsp3) is 0.792. The van der Waals surface area contributed by atoms with Crippen LogP contribution in [0.2, 0.25) is 0 Å². The molecule has 0 aromatic carbocycles. The Balaban J connectivity index is 0.702. The highest BCUT2D eigenvalue weighted by molar-refractivity contribution is 7.90. The van der Waals surface area contributed by atoms with Crippen molar-refractivity contribution in [2.75, 3.05) is 72.8 Å². The molecule has 8 aliphatic rings. The average molecular weight is 1010 g/mol. The second kappa shape index (κ2) is 19.0. The zero-order valence-electron chi connectivity index (χ0n) is 41.5. The molecule has 22 heteroatoms. The van der Waals surface area contributed by atoms with Gasteiger partial charge in [-0.05, 0) is 118 Å². The summed E-state index contributed by atoms with van der Waals surface area (Å²) in [6, 6.07) is -0.528. The van der Waals surface area contributed by atoms with Gasteiger partial charge in [-0.15, -0.1) is 0 Å². The van der Waals surface area contributed by atoms with Gasteiger partial charge < -0.3 is 20.8 Å². The zero-order chi connectivity index (χ0) is 49.5. The number of aryl methyl sites for hydroxylation is 2. The number of carbonyl (C=O) groups excluding carboxylic acids is 2. The highest BCUT2D eigenvalue weighted by Gasteiger charge is 2.53. The van der Waals surface area contributed by atoms with Crippen LogP contribution in [0.3, 0.4) is 0 Å². The molecule has 0 spiro atoms. The van der Waals surface area contributed by atoms with E-state index in [4.69, 9.17) is 9.97 Å². The van der Waals surface area contributed by atoms with Crippen molar-refractivity contribution < 1.29 is 36.6 Å². The number of aliphatic hydroxyl groups is 2. The quantitative estimate of drug-likeness (QED) is 0.213. The third-order valence-corrected chi connectivity index (χ3v) is 22.0. The van der Waals surface area contributed by atoms with E-state index in [9.17, 15) is 36.6 Å². The first kappa shape index (κ1) is 49.9. The molecule has 2 aliphatic carbocycles. The standard InChI is InChI=1S/C48H74N12O8S2/c1-30(2)55-26-37(27-55)69(65,66)57-19-14-36(15-20-57)52-46-50-25-33-9-13-42(62)60(44(33)54-46)40-11-10-34(48(40,5)64)23-31(3)56-28-38(29-56)70(67,68)58-21-16-35(17-22-58)51-45-49-24-32-8-12-41(61)59(43(32)53-45)39-7-6-18-47(39,4)63/h24-25,30-31,34-40,63-64H,6-23,26-29H2,1-5H3,(H,49,51,53)(H,50,52,54)/t31?,34?,39-,40-,47-,48-/m1/s1. The van der Waals surface area contributed by atoms with Gasteiger partial charge in [0.05, 0.1) is 23.3 Å². The summed E-state index contributed by atoms with van der Waals surface area (Å²) in [5, 5.41) is 29.3. The van der Waals surface area contributed by atoms with Crippen LogP contribution in [0.4, 0.5) is 23.5 Å². The van der Waals surface area contributed by atoms with Crippen LogP contribution in [0.15, 0.2) is 12.4 Å². The van der Waals surface area contributed by atoms with Crippen molar-refractivity contribution in [1.82, 2.24) is 38.3 Å². The van der Waals surface area contributed by atoms with Gasteiger partial charge in [-0.2, -0.15) is 9.97 Å². The van der Waals surface area contributed by atoms with E-state index in [1.165, 1.54) is 0 Å². The highest BCUT2D eigenvalue weighted by atomic mass is 32.2. The fourth-order valence-corrected chi connectivity index (χ4v) is 16.6. The molecule has 0 radical (unpaired) electrons. The number of likely N-dealkylation sites (tertiary alicyclic amines) is 2. The van der Waals surface area contributed by atoms with E-state index < -0.39 is 42.5 Å². The van der Waals surface area contributed by atoms with Crippen molar-refractivity contribution in [3.63, 3.8) is 0 Å². The maximum absolute atomic E-state index is 13.9. The first-order chi connectivity index (χ1) is 33.2. The monoisotopic (exact) mass is 1010 g/mol. The molecule has 2 aromatic heterocycles. The SMILES string of the molecule is CC(C)N1CC(S(=O)(=O)N2CCC(Nc3ncc4c(n3)N([C@@H]3CCC(CC(C)N5CC(S(=O)(=O)N6CCC(Nc7ncc8c(n7)N([C@@H]7CCC[C@@]7(C)O)C(=O)CC8)CC6)C5)[C@@]3(C)O)C(=O)CC4)CC2)C1. The average Bonchev–Trinajstić information content (AvgIpc) is 3.77. The largest absolute Gasteiger partial charge is 0.388 e. The number of hydrogen-bond acceptors (Lipinski definition) is 16. The number of fused-ring (bicyclic) bond motifs is 2. The minimum absolute atomic E-state index is 0.0200. The van der Waals surface area contributed by atoms with Crippen LogP contribution in [0.1, 0.15) is 123 Å². The number of hydrogen-bond donors (Lipinski definition) is 4. The van der Waals surface area contributed by atoms with Crippen molar-refractivity contribution in [2.45, 2.75) is 182 Å². The molecule has 4 N–H and O–H groups in total. The number of rotatable bonds is 14. The van der Waals surface area contributed by atoms with Crippen molar-refractivity contribution in [2.24, 2.45) is 5.92 Å². The van der Waals surface area contributed by atoms with Crippen LogP contribution in [0.25, 0.3) is 0 Å². The van der Waals surface area contributed by atoms with E-state index in [0.29, 0.717) is 165 Å². The smallest absolute Gasteiger partial charge is 0.228 e. The molecule has 6 atom stereocenters. The number of sulfonamides is 2. The van der Waals surface area contributed by atoms with Crippen LogP contribution in [-0.4, -0.2) is 188 Å². The van der Waals surface area contributed by atoms with Gasteiger partial charge in [-0.25, -0.2) is 35.4 Å². The number of nitrogens with one attached hydrogen (secondary N) is 2. The lowest BCUT2D eigenvalue weighted by Crippen LogP contribution is -2.62. The lowest BCUT2D eigenvalue weighted by molar-refractivity contribution is -0.121. The first-order valence-corrected chi connectivity index (χ1v) is 29.0. The Morgan fingerprint density at radius 3 is 1.59 bits per heavy atom. The van der Waals surface area contributed by atoms with E-state index in [2.05, 4.69) is 51.2 Å². The molecule has 0 bridgehead atoms. The topological polar surface area (TPSA) is 238 Å². The molecule has 10 rings (SSSR count). The maximum Gasteiger partial charge on any atom is 0.228 e. The molecule has 386 valence electrons. The van der Waals surface area contributed by atoms with Crippen LogP contribution < -0.4 is 20.4 Å². The zero-order valence-corrected chi connectivity index (χ0v) is 43.2. The van der Waals surface area contributed by atoms with E-state index in [1.54, 1.807) is 37.7 Å². The van der Waals surface area contributed by atoms with E-state index in [0.717, 1.165) is 17.5 Å². The van der Waals surface area contributed by atoms with Gasteiger partial charge in [0.1, 0.15) is 22.1 Å². The minimum Gasteiger partial charge on any atom is -0.388 e. The first-order valence-electron chi connectivity index (χ1n) is 26.0. The van der Waals surface area contributed by atoms with Crippen LogP contribution in [-0.2, 0) is 42.5 Å². The lowest BCUT2D eigenvalue weighted by Gasteiger charge is -2.46. The summed E-state index contributed by atoms with van der Waals surface area (Å²) in [5.74, 6) is 1.64. The number of nitrogens with zero attached hydrogens (tertiary/aromatic N) is 10. The van der Waals surface area contributed by atoms with Gasteiger partial charge in [0.25, 0.3) is 0 Å². The molecule has 20 nitrogen and oxygen atoms in total. The van der Waals surface area contributed by atoms with Crippen LogP contribution in [0, 0.1) is 5.92 Å². The predicted molar refractivity (Wildman–Crippen MR) is 265 cm³/mol. The van der Waals surface area contributed by atoms with Crippen LogP contribution >= 0.6 is 0 Å². The molecule has 2 amide bonds. The molecule has 6 aliphatic heterocycles. The van der Waals surface area contributed by atoms with Crippen molar-refractivity contribution in [3.05, 3.63) is 23.5 Å². The van der Waals surface area contributed by atoms with Crippen molar-refractivity contribution in [1.29, 1.82) is 0 Å². The lowest BCUT2D eigenvalue weighted by atomic mass is 9.84. The Kier molecular flexibility index (Phi) is 13.6.